The maximum atomic E-state index is 3.91. The molecule has 0 aromatic heterocycles. The van der Waals surface area contributed by atoms with Gasteiger partial charge in [-0.15, -0.1) is 0 Å². The number of aryl methyl sites for hydroxylation is 1. The highest BCUT2D eigenvalue weighted by Gasteiger charge is 2.31. The normalized spacial score (nSPS) is 14.3. The average molecular weight is 562 g/mol. The fourth-order valence-electron chi connectivity index (χ4n) is 7.39. The first kappa shape index (κ1) is 26.4. The Labute approximate surface area is 260 Å². The Hall–Kier alpha value is -5.20. The third-order valence-corrected chi connectivity index (χ3v) is 9.41. The third-order valence-electron chi connectivity index (χ3n) is 9.41. The minimum atomic E-state index is 0.151. The van der Waals surface area contributed by atoms with Gasteiger partial charge in [0.2, 0.25) is 0 Å². The molecular formula is C44H33. The molecule has 0 fully saturated rings. The maximum Gasteiger partial charge on any atom is 0.0314 e. The van der Waals surface area contributed by atoms with Gasteiger partial charge in [-0.25, -0.2) is 0 Å². The third kappa shape index (κ3) is 4.21. The quantitative estimate of drug-likeness (QED) is 0.201. The van der Waals surface area contributed by atoms with Crippen LogP contribution in [0.25, 0.3) is 40.0 Å². The van der Waals surface area contributed by atoms with Crippen molar-refractivity contribution >= 4 is 17.7 Å². The van der Waals surface area contributed by atoms with Crippen LogP contribution in [0.4, 0.5) is 0 Å². The minimum Gasteiger partial charge on any atom is -0.0622 e. The van der Waals surface area contributed by atoms with E-state index in [1.54, 1.807) is 0 Å². The molecule has 209 valence electrons. The number of benzene rings is 6. The maximum absolute atomic E-state index is 3.91. The van der Waals surface area contributed by atoms with Gasteiger partial charge < -0.3 is 0 Å². The highest BCUT2D eigenvalue weighted by atomic mass is 14.3. The van der Waals surface area contributed by atoms with Crippen LogP contribution in [0.15, 0.2) is 139 Å². The second-order valence-electron chi connectivity index (χ2n) is 12.2. The standard InChI is InChI=1S/C44H33/c1-28-22-23-36-34(24-28)26-41-40(36)27-38(44(32-16-9-5-10-17-32)33-18-11-6-12-19-33)30(3)43(41)42-29(2)25-39-35(20-13-21-37(39)42)31-14-7-4-8-15-31/h4-25,27,42H,1-3H3. The van der Waals surface area contributed by atoms with Gasteiger partial charge in [0.1, 0.15) is 0 Å². The van der Waals surface area contributed by atoms with Crippen LogP contribution in [0, 0.1) is 13.8 Å². The first-order valence-corrected chi connectivity index (χ1v) is 15.5. The van der Waals surface area contributed by atoms with Gasteiger partial charge in [0.05, 0.1) is 0 Å². The van der Waals surface area contributed by atoms with E-state index in [4.69, 9.17) is 0 Å². The number of hydrogen-bond acceptors (Lipinski definition) is 0. The number of fused-ring (bicyclic) bond motifs is 4. The van der Waals surface area contributed by atoms with E-state index in [1.807, 2.05) is 0 Å². The molecule has 1 atom stereocenters. The summed E-state index contributed by atoms with van der Waals surface area (Å²) in [6, 6.07) is 48.6. The van der Waals surface area contributed by atoms with Crippen molar-refractivity contribution in [2.24, 2.45) is 0 Å². The van der Waals surface area contributed by atoms with Crippen molar-refractivity contribution in [3.63, 3.8) is 0 Å². The lowest BCUT2D eigenvalue weighted by Gasteiger charge is -2.22. The summed E-state index contributed by atoms with van der Waals surface area (Å²) in [4.78, 5) is 0. The highest BCUT2D eigenvalue weighted by Crippen LogP contribution is 2.45. The molecule has 1 unspecified atom stereocenters. The molecular weight excluding hydrogens is 528 g/mol. The Morgan fingerprint density at radius 3 is 1.93 bits per heavy atom. The van der Waals surface area contributed by atoms with Crippen molar-refractivity contribution in [3.05, 3.63) is 194 Å². The molecule has 6 aromatic rings. The van der Waals surface area contributed by atoms with Crippen LogP contribution in [-0.2, 0) is 0 Å². The van der Waals surface area contributed by atoms with Gasteiger partial charge in [0.25, 0.3) is 0 Å². The Bertz CT molecular complexity index is 2170. The lowest BCUT2D eigenvalue weighted by atomic mass is 9.81. The van der Waals surface area contributed by atoms with Crippen LogP contribution in [-0.4, -0.2) is 0 Å². The van der Waals surface area contributed by atoms with Crippen LogP contribution < -0.4 is 10.4 Å². The summed E-state index contributed by atoms with van der Waals surface area (Å²) < 4.78 is 0. The lowest BCUT2D eigenvalue weighted by Crippen LogP contribution is -2.26. The van der Waals surface area contributed by atoms with E-state index < -0.39 is 0 Å². The van der Waals surface area contributed by atoms with E-state index in [-0.39, 0.29) is 5.92 Å². The van der Waals surface area contributed by atoms with Crippen LogP contribution in [0.5, 0.6) is 0 Å². The van der Waals surface area contributed by atoms with Crippen molar-refractivity contribution in [3.8, 4) is 22.3 Å². The van der Waals surface area contributed by atoms with E-state index in [0.717, 1.165) is 0 Å². The van der Waals surface area contributed by atoms with Gasteiger partial charge >= 0.3 is 0 Å². The Morgan fingerprint density at radius 1 is 0.591 bits per heavy atom. The molecule has 6 aromatic carbocycles. The fraction of sp³-hybridized carbons (Fsp3) is 0.0909. The molecule has 0 spiro atoms. The SMILES string of the molecule is CC1=Cc2c(-c3ccccc3)cccc2C1c1c(C)c(=C(c2ccccc2)c2ccccc2)cc2c1=[C]c1cc(C)ccc1-2. The largest absolute Gasteiger partial charge is 0.0622 e. The van der Waals surface area contributed by atoms with Crippen molar-refractivity contribution in [2.45, 2.75) is 26.7 Å². The molecule has 8 rings (SSSR count). The molecule has 0 amide bonds. The van der Waals surface area contributed by atoms with Gasteiger partial charge in [-0.1, -0.05) is 145 Å². The summed E-state index contributed by atoms with van der Waals surface area (Å²) in [5.41, 5.74) is 18.1. The molecule has 44 heavy (non-hydrogen) atoms. The average Bonchev–Trinajstić information content (AvgIpc) is 3.59. The molecule has 0 aliphatic heterocycles. The minimum absolute atomic E-state index is 0.151. The van der Waals surface area contributed by atoms with Crippen molar-refractivity contribution in [1.82, 2.24) is 0 Å². The zero-order chi connectivity index (χ0) is 29.8. The molecule has 0 bridgehead atoms. The van der Waals surface area contributed by atoms with E-state index in [9.17, 15) is 0 Å². The van der Waals surface area contributed by atoms with Crippen molar-refractivity contribution in [2.75, 3.05) is 0 Å². The molecule has 0 heterocycles. The summed E-state index contributed by atoms with van der Waals surface area (Å²) in [6.07, 6.45) is 6.33. The van der Waals surface area contributed by atoms with Crippen LogP contribution in [0.2, 0.25) is 0 Å². The molecule has 0 saturated carbocycles. The van der Waals surface area contributed by atoms with Crippen LogP contribution in [0.1, 0.15) is 57.3 Å². The summed E-state index contributed by atoms with van der Waals surface area (Å²) >= 11 is 0. The summed E-state index contributed by atoms with van der Waals surface area (Å²) in [5.74, 6) is 0.151. The predicted octanol–water partition coefficient (Wildman–Crippen LogP) is 9.45. The Kier molecular flexibility index (Phi) is 6.31. The van der Waals surface area contributed by atoms with Crippen LogP contribution >= 0.6 is 0 Å². The first-order chi connectivity index (χ1) is 21.6. The second kappa shape index (κ2) is 10.5. The van der Waals surface area contributed by atoms with Gasteiger partial charge in [-0.05, 0) is 110 Å². The van der Waals surface area contributed by atoms with Gasteiger partial charge in [-0.3, -0.25) is 0 Å². The van der Waals surface area contributed by atoms with Crippen molar-refractivity contribution < 1.29 is 0 Å². The number of allylic oxidation sites excluding steroid dienone is 1. The molecule has 2 aliphatic rings. The zero-order valence-corrected chi connectivity index (χ0v) is 25.4. The smallest absolute Gasteiger partial charge is 0.0314 e. The van der Waals surface area contributed by atoms with Gasteiger partial charge in [0, 0.05) is 5.92 Å². The monoisotopic (exact) mass is 561 g/mol. The Balaban J connectivity index is 1.49. The number of rotatable bonds is 4. The molecule has 1 radical (unpaired) electrons. The number of hydrogen-bond donors (Lipinski definition) is 0. The zero-order valence-electron chi connectivity index (χ0n) is 25.4. The molecule has 0 saturated heterocycles. The second-order valence-corrected chi connectivity index (χ2v) is 12.2. The summed E-state index contributed by atoms with van der Waals surface area (Å²) in [6.45, 7) is 6.81. The molecule has 2 aliphatic carbocycles. The van der Waals surface area contributed by atoms with Gasteiger partial charge in [0.15, 0.2) is 0 Å². The van der Waals surface area contributed by atoms with E-state index in [1.165, 1.54) is 88.3 Å². The lowest BCUT2D eigenvalue weighted by molar-refractivity contribution is 0.949. The van der Waals surface area contributed by atoms with Crippen LogP contribution in [0.3, 0.4) is 0 Å². The highest BCUT2D eigenvalue weighted by molar-refractivity contribution is 5.89. The fourth-order valence-corrected chi connectivity index (χ4v) is 7.39. The summed E-state index contributed by atoms with van der Waals surface area (Å²) in [5, 5.41) is 2.52. The Morgan fingerprint density at radius 2 is 1.25 bits per heavy atom. The first-order valence-electron chi connectivity index (χ1n) is 15.5. The van der Waals surface area contributed by atoms with E-state index >= 15 is 0 Å². The topological polar surface area (TPSA) is 0 Å². The van der Waals surface area contributed by atoms with E-state index in [0.29, 0.717) is 0 Å². The van der Waals surface area contributed by atoms with Crippen molar-refractivity contribution in [1.29, 1.82) is 0 Å². The summed E-state index contributed by atoms with van der Waals surface area (Å²) in [7, 11) is 0. The van der Waals surface area contributed by atoms with Gasteiger partial charge in [-0.2, -0.15) is 0 Å². The molecule has 0 nitrogen and oxygen atoms in total. The predicted molar refractivity (Wildman–Crippen MR) is 185 cm³/mol. The van der Waals surface area contributed by atoms with E-state index in [2.05, 4.69) is 166 Å². The molecule has 0 N–H and O–H groups in total. The molecule has 0 heteroatoms.